The molecule has 10 heteroatoms. The normalized spacial score (nSPS) is 10.5. The van der Waals surface area contributed by atoms with Crippen LogP contribution in [0.4, 0.5) is 11.4 Å². The summed E-state index contributed by atoms with van der Waals surface area (Å²) < 4.78 is 0. The van der Waals surface area contributed by atoms with Crippen LogP contribution in [-0.4, -0.2) is 21.6 Å². The molecular weight excluding hydrogens is 519 g/mol. The summed E-state index contributed by atoms with van der Waals surface area (Å²) in [6, 6.07) is 24.5. The van der Waals surface area contributed by atoms with E-state index in [9.17, 15) is 20.2 Å². The Balaban J connectivity index is 1.64. The fraction of sp³-hybridized carbons (Fsp3) is 0.0385. The van der Waals surface area contributed by atoms with Gasteiger partial charge in [0.2, 0.25) is 5.91 Å². The Morgan fingerprint density at radius 3 is 2.39 bits per heavy atom. The van der Waals surface area contributed by atoms with E-state index in [0.29, 0.717) is 26.9 Å². The molecule has 0 saturated carbocycles. The fourth-order valence-electron chi connectivity index (χ4n) is 3.39. The first-order valence-electron chi connectivity index (χ1n) is 10.5. The molecule has 1 heterocycles. The number of aromatic nitrogens is 1. The average Bonchev–Trinajstić information content (AvgIpc) is 2.89. The van der Waals surface area contributed by atoms with Gasteiger partial charge < -0.3 is 5.32 Å². The molecule has 0 atom stereocenters. The Hall–Kier alpha value is -3.90. The number of carbonyl (C=O) groups is 1. The smallest absolute Gasteiger partial charge is 0.271 e. The van der Waals surface area contributed by atoms with Crippen LogP contribution in [0.2, 0.25) is 10.0 Å². The van der Waals surface area contributed by atoms with Crippen LogP contribution in [0.1, 0.15) is 5.56 Å². The Labute approximate surface area is 220 Å². The highest BCUT2D eigenvalue weighted by Crippen LogP contribution is 2.35. The van der Waals surface area contributed by atoms with Crippen LogP contribution in [0, 0.1) is 21.4 Å². The molecule has 1 amide bonds. The van der Waals surface area contributed by atoms with E-state index in [-0.39, 0.29) is 22.2 Å². The molecule has 0 unspecified atom stereocenters. The number of anilines is 1. The lowest BCUT2D eigenvalue weighted by Crippen LogP contribution is -2.14. The summed E-state index contributed by atoms with van der Waals surface area (Å²) in [5.41, 5.74) is 3.39. The number of rotatable bonds is 7. The van der Waals surface area contributed by atoms with Gasteiger partial charge in [0.25, 0.3) is 5.69 Å². The predicted octanol–water partition coefficient (Wildman–Crippen LogP) is 7.23. The largest absolute Gasteiger partial charge is 0.324 e. The van der Waals surface area contributed by atoms with Crippen LogP contribution in [0.15, 0.2) is 83.9 Å². The molecule has 4 aromatic rings. The second-order valence-corrected chi connectivity index (χ2v) is 9.29. The molecule has 0 aliphatic heterocycles. The highest BCUT2D eigenvalue weighted by molar-refractivity contribution is 8.00. The molecule has 3 aromatic carbocycles. The SMILES string of the molecule is N#Cc1c(-c2ccc(Cl)cc2)cc(-c2ccccc2)nc1SCC(=O)Nc1ccc([N+](=O)[O-])cc1Cl. The second kappa shape index (κ2) is 11.2. The van der Waals surface area contributed by atoms with Crippen LogP contribution < -0.4 is 5.32 Å². The minimum atomic E-state index is -0.569. The average molecular weight is 535 g/mol. The van der Waals surface area contributed by atoms with Gasteiger partial charge in [-0.15, -0.1) is 0 Å². The zero-order chi connectivity index (χ0) is 25.7. The van der Waals surface area contributed by atoms with Gasteiger partial charge in [0.05, 0.1) is 32.6 Å². The number of nitro benzene ring substituents is 1. The standard InChI is InChI=1S/C26H16Cl2N4O3S/c27-18-8-6-16(7-9-18)20-13-24(17-4-2-1-3-5-17)31-26(21(20)14-29)36-15-25(33)30-23-11-10-19(32(34)35)12-22(23)28/h1-13H,15H2,(H,30,33). The van der Waals surface area contributed by atoms with Gasteiger partial charge in [-0.1, -0.05) is 77.4 Å². The van der Waals surface area contributed by atoms with E-state index >= 15 is 0 Å². The van der Waals surface area contributed by atoms with Crippen molar-refractivity contribution >= 4 is 52.2 Å². The van der Waals surface area contributed by atoms with E-state index in [0.717, 1.165) is 22.9 Å². The van der Waals surface area contributed by atoms with Gasteiger partial charge in [-0.2, -0.15) is 5.26 Å². The second-order valence-electron chi connectivity index (χ2n) is 7.48. The zero-order valence-corrected chi connectivity index (χ0v) is 20.8. The number of non-ortho nitro benzene ring substituents is 1. The summed E-state index contributed by atoms with van der Waals surface area (Å²) in [4.78, 5) is 27.7. The third kappa shape index (κ3) is 5.83. The molecule has 0 saturated heterocycles. The zero-order valence-electron chi connectivity index (χ0n) is 18.4. The quantitative estimate of drug-likeness (QED) is 0.152. The van der Waals surface area contributed by atoms with Crippen molar-refractivity contribution in [3.05, 3.63) is 105 Å². The molecule has 7 nitrogen and oxygen atoms in total. The van der Waals surface area contributed by atoms with Crippen LogP contribution in [0.25, 0.3) is 22.4 Å². The molecule has 0 spiro atoms. The van der Waals surface area contributed by atoms with Crippen molar-refractivity contribution in [2.75, 3.05) is 11.1 Å². The van der Waals surface area contributed by atoms with Crippen LogP contribution in [-0.2, 0) is 4.79 Å². The van der Waals surface area contributed by atoms with Gasteiger partial charge in [0, 0.05) is 28.3 Å². The Morgan fingerprint density at radius 2 is 1.75 bits per heavy atom. The van der Waals surface area contributed by atoms with Crippen LogP contribution in [0.5, 0.6) is 0 Å². The topological polar surface area (TPSA) is 109 Å². The maximum absolute atomic E-state index is 12.7. The number of amides is 1. The summed E-state index contributed by atoms with van der Waals surface area (Å²) in [5, 5.41) is 24.5. The van der Waals surface area contributed by atoms with Crippen LogP contribution in [0.3, 0.4) is 0 Å². The third-order valence-corrected chi connectivity index (χ3v) is 6.64. The van der Waals surface area contributed by atoms with Crippen LogP contribution >= 0.6 is 35.0 Å². The van der Waals surface area contributed by atoms with Gasteiger partial charge >= 0.3 is 0 Å². The van der Waals surface area contributed by atoms with Crippen molar-refractivity contribution in [2.45, 2.75) is 5.03 Å². The highest BCUT2D eigenvalue weighted by Gasteiger charge is 2.18. The van der Waals surface area contributed by atoms with Crippen molar-refractivity contribution in [3.63, 3.8) is 0 Å². The molecule has 0 fully saturated rings. The molecule has 0 bridgehead atoms. The minimum Gasteiger partial charge on any atom is -0.324 e. The summed E-state index contributed by atoms with van der Waals surface area (Å²) >= 11 is 13.2. The molecule has 1 aromatic heterocycles. The molecule has 0 aliphatic carbocycles. The van der Waals surface area contributed by atoms with Crippen molar-refractivity contribution in [3.8, 4) is 28.5 Å². The maximum atomic E-state index is 12.7. The van der Waals surface area contributed by atoms with Crippen molar-refractivity contribution in [2.24, 2.45) is 0 Å². The lowest BCUT2D eigenvalue weighted by molar-refractivity contribution is -0.384. The number of nitrogens with zero attached hydrogens (tertiary/aromatic N) is 3. The highest BCUT2D eigenvalue weighted by atomic mass is 35.5. The first-order valence-corrected chi connectivity index (χ1v) is 12.2. The number of nitro groups is 1. The van der Waals surface area contributed by atoms with Crippen molar-refractivity contribution < 1.29 is 9.72 Å². The number of carbonyl (C=O) groups excluding carboxylic acids is 1. The number of hydrogen-bond donors (Lipinski definition) is 1. The number of nitriles is 1. The summed E-state index contributed by atoms with van der Waals surface area (Å²) in [6.07, 6.45) is 0. The molecule has 36 heavy (non-hydrogen) atoms. The molecule has 178 valence electrons. The summed E-state index contributed by atoms with van der Waals surface area (Å²) in [7, 11) is 0. The predicted molar refractivity (Wildman–Crippen MR) is 142 cm³/mol. The summed E-state index contributed by atoms with van der Waals surface area (Å²) in [5.74, 6) is -0.465. The molecular formula is C26H16Cl2N4O3S. The Bertz CT molecular complexity index is 1490. The van der Waals surface area contributed by atoms with Crippen molar-refractivity contribution in [1.29, 1.82) is 5.26 Å². The van der Waals surface area contributed by atoms with E-state index < -0.39 is 10.8 Å². The Morgan fingerprint density at radius 1 is 1.03 bits per heavy atom. The van der Waals surface area contributed by atoms with E-state index in [2.05, 4.69) is 16.4 Å². The first-order chi connectivity index (χ1) is 17.4. The number of benzene rings is 3. The van der Waals surface area contributed by atoms with E-state index in [4.69, 9.17) is 23.2 Å². The number of halogens is 2. The molecule has 0 aliphatic rings. The summed E-state index contributed by atoms with van der Waals surface area (Å²) in [6.45, 7) is 0. The first kappa shape index (κ1) is 25.2. The number of nitrogens with one attached hydrogen (secondary N) is 1. The lowest BCUT2D eigenvalue weighted by atomic mass is 9.99. The van der Waals surface area contributed by atoms with E-state index in [1.165, 1.54) is 18.2 Å². The Kier molecular flexibility index (Phi) is 7.86. The maximum Gasteiger partial charge on any atom is 0.271 e. The minimum absolute atomic E-state index is 0.0505. The number of thioether (sulfide) groups is 1. The monoisotopic (exact) mass is 534 g/mol. The molecule has 0 radical (unpaired) electrons. The van der Waals surface area contributed by atoms with E-state index in [1.807, 2.05) is 48.5 Å². The van der Waals surface area contributed by atoms with Gasteiger partial charge in [0.1, 0.15) is 11.1 Å². The van der Waals surface area contributed by atoms with Gasteiger partial charge in [-0.05, 0) is 29.8 Å². The number of pyridine rings is 1. The number of hydrogen-bond acceptors (Lipinski definition) is 6. The van der Waals surface area contributed by atoms with Crippen molar-refractivity contribution in [1.82, 2.24) is 4.98 Å². The third-order valence-electron chi connectivity index (χ3n) is 5.10. The van der Waals surface area contributed by atoms with Gasteiger partial charge in [0.15, 0.2) is 0 Å². The van der Waals surface area contributed by atoms with Gasteiger partial charge in [-0.3, -0.25) is 14.9 Å². The lowest BCUT2D eigenvalue weighted by Gasteiger charge is -2.13. The van der Waals surface area contributed by atoms with Gasteiger partial charge in [-0.25, -0.2) is 4.98 Å². The fourth-order valence-corrected chi connectivity index (χ4v) is 4.54. The van der Waals surface area contributed by atoms with E-state index in [1.54, 1.807) is 12.1 Å². The molecule has 4 rings (SSSR count). The molecule has 1 N–H and O–H groups in total.